The first-order chi connectivity index (χ1) is 18.6. The molecular formula is C29H43N5O4S. The number of carbonyl (C=O) groups is 1. The summed E-state index contributed by atoms with van der Waals surface area (Å²) < 4.78 is 32.9. The standard InChI is InChI=1S/C29H43N5O4S/c1-22-20-27(38-5)21-23(2)29(22)39(36,37)32(4)15-12-28(35)30-24-6-8-25(9-7-24)33-16-18-34(19-17-33)26-10-13-31(3)14-11-26/h6-9,20-21,26H,10-19H2,1-5H3,(H,30,35). The van der Waals surface area contributed by atoms with E-state index in [1.54, 1.807) is 33.1 Å². The molecule has 2 aliphatic heterocycles. The molecule has 214 valence electrons. The van der Waals surface area contributed by atoms with Crippen LogP contribution in [0, 0.1) is 13.8 Å². The summed E-state index contributed by atoms with van der Waals surface area (Å²) in [5.41, 5.74) is 3.10. The predicted octanol–water partition coefficient (Wildman–Crippen LogP) is 3.18. The van der Waals surface area contributed by atoms with Crippen molar-refractivity contribution in [2.45, 2.75) is 44.0 Å². The maximum absolute atomic E-state index is 13.2. The first-order valence-corrected chi connectivity index (χ1v) is 15.2. The minimum atomic E-state index is -3.74. The van der Waals surface area contributed by atoms with Crippen LogP contribution in [-0.2, 0) is 14.8 Å². The SMILES string of the molecule is COc1cc(C)c(S(=O)(=O)N(C)CCC(=O)Nc2ccc(N3CCN(C4CCN(C)CC4)CC3)cc2)c(C)c1. The molecule has 0 atom stereocenters. The number of piperidine rings is 1. The van der Waals surface area contributed by atoms with Crippen LogP contribution in [0.4, 0.5) is 11.4 Å². The van der Waals surface area contributed by atoms with Crippen molar-refractivity contribution >= 4 is 27.3 Å². The van der Waals surface area contributed by atoms with Gasteiger partial charge in [0.05, 0.1) is 12.0 Å². The van der Waals surface area contributed by atoms with E-state index in [4.69, 9.17) is 4.74 Å². The fourth-order valence-corrected chi connectivity index (χ4v) is 7.23. The van der Waals surface area contributed by atoms with Crippen LogP contribution in [0.15, 0.2) is 41.3 Å². The molecule has 2 fully saturated rings. The van der Waals surface area contributed by atoms with Crippen molar-refractivity contribution in [2.75, 3.05) is 77.2 Å². The summed E-state index contributed by atoms with van der Waals surface area (Å²) in [7, 11) is 1.53. The molecular weight excluding hydrogens is 514 g/mol. The maximum atomic E-state index is 13.2. The summed E-state index contributed by atoms with van der Waals surface area (Å²) in [5, 5.41) is 2.90. The number of anilines is 2. The number of amides is 1. The van der Waals surface area contributed by atoms with Gasteiger partial charge in [-0.15, -0.1) is 0 Å². The average Bonchev–Trinajstić information content (AvgIpc) is 2.92. The van der Waals surface area contributed by atoms with E-state index >= 15 is 0 Å². The van der Waals surface area contributed by atoms with Crippen molar-refractivity contribution in [3.8, 4) is 5.75 Å². The van der Waals surface area contributed by atoms with Gasteiger partial charge in [-0.1, -0.05) is 0 Å². The average molecular weight is 558 g/mol. The number of aryl methyl sites for hydroxylation is 2. The molecule has 0 bridgehead atoms. The number of methoxy groups -OCH3 is 1. The fourth-order valence-electron chi connectivity index (χ4n) is 5.65. The number of hydrogen-bond acceptors (Lipinski definition) is 7. The number of nitrogens with one attached hydrogen (secondary N) is 1. The van der Waals surface area contributed by atoms with E-state index < -0.39 is 10.0 Å². The molecule has 4 rings (SSSR count). The number of benzene rings is 2. The molecule has 39 heavy (non-hydrogen) atoms. The summed E-state index contributed by atoms with van der Waals surface area (Å²) >= 11 is 0. The summed E-state index contributed by atoms with van der Waals surface area (Å²) in [6.07, 6.45) is 2.57. The van der Waals surface area contributed by atoms with E-state index in [0.717, 1.165) is 31.9 Å². The zero-order valence-electron chi connectivity index (χ0n) is 23.9. The number of sulfonamides is 1. The first-order valence-electron chi connectivity index (χ1n) is 13.8. The third-order valence-corrected chi connectivity index (χ3v) is 10.2. The van der Waals surface area contributed by atoms with Gasteiger partial charge in [-0.2, -0.15) is 0 Å². The smallest absolute Gasteiger partial charge is 0.243 e. The minimum Gasteiger partial charge on any atom is -0.497 e. The first kappa shape index (κ1) is 29.3. The normalized spacial score (nSPS) is 17.9. The van der Waals surface area contributed by atoms with Crippen LogP contribution in [0.5, 0.6) is 5.75 Å². The van der Waals surface area contributed by atoms with Crippen LogP contribution in [-0.4, -0.2) is 101 Å². The maximum Gasteiger partial charge on any atom is 0.243 e. The van der Waals surface area contributed by atoms with Crippen molar-refractivity contribution < 1.29 is 17.9 Å². The quantitative estimate of drug-likeness (QED) is 0.507. The largest absolute Gasteiger partial charge is 0.497 e. The number of piperazine rings is 1. The second-order valence-electron chi connectivity index (χ2n) is 10.8. The van der Waals surface area contributed by atoms with Gasteiger partial charge in [-0.3, -0.25) is 9.69 Å². The highest BCUT2D eigenvalue weighted by Crippen LogP contribution is 2.28. The molecule has 0 saturated carbocycles. The Morgan fingerprint density at radius 1 is 1.00 bits per heavy atom. The van der Waals surface area contributed by atoms with Gasteiger partial charge in [0.1, 0.15) is 5.75 Å². The molecule has 0 unspecified atom stereocenters. The molecule has 9 nitrogen and oxygen atoms in total. The van der Waals surface area contributed by atoms with Crippen molar-refractivity contribution in [2.24, 2.45) is 0 Å². The van der Waals surface area contributed by atoms with Crippen molar-refractivity contribution in [1.82, 2.24) is 14.1 Å². The summed E-state index contributed by atoms with van der Waals surface area (Å²) in [5.74, 6) is 0.395. The van der Waals surface area contributed by atoms with E-state index in [0.29, 0.717) is 28.6 Å². The molecule has 0 spiro atoms. The fraction of sp³-hybridized carbons (Fsp3) is 0.552. The lowest BCUT2D eigenvalue weighted by Gasteiger charge is -2.42. The predicted molar refractivity (Wildman–Crippen MR) is 156 cm³/mol. The third kappa shape index (κ3) is 7.11. The molecule has 2 aromatic rings. The van der Waals surface area contributed by atoms with Crippen LogP contribution in [0.1, 0.15) is 30.4 Å². The number of carbonyl (C=O) groups excluding carboxylic acids is 1. The highest BCUT2D eigenvalue weighted by Gasteiger charge is 2.27. The molecule has 2 heterocycles. The zero-order chi connectivity index (χ0) is 28.2. The van der Waals surface area contributed by atoms with E-state index in [1.807, 2.05) is 24.3 Å². The topological polar surface area (TPSA) is 85.4 Å². The Morgan fingerprint density at radius 3 is 2.15 bits per heavy atom. The Kier molecular flexibility index (Phi) is 9.53. The van der Waals surface area contributed by atoms with Crippen molar-refractivity contribution in [1.29, 1.82) is 0 Å². The van der Waals surface area contributed by atoms with Gasteiger partial charge in [-0.05, 0) is 94.4 Å². The molecule has 1 N–H and O–H groups in total. The molecule has 0 aromatic heterocycles. The van der Waals surface area contributed by atoms with Gasteiger partial charge in [0.15, 0.2) is 0 Å². The van der Waals surface area contributed by atoms with E-state index in [-0.39, 0.29) is 23.8 Å². The number of hydrogen-bond donors (Lipinski definition) is 1. The van der Waals surface area contributed by atoms with Crippen molar-refractivity contribution in [3.05, 3.63) is 47.5 Å². The lowest BCUT2D eigenvalue weighted by atomic mass is 10.0. The molecule has 10 heteroatoms. The van der Waals surface area contributed by atoms with Gasteiger partial charge in [0, 0.05) is 63.6 Å². The van der Waals surface area contributed by atoms with Crippen molar-refractivity contribution in [3.63, 3.8) is 0 Å². The van der Waals surface area contributed by atoms with Crippen LogP contribution in [0.25, 0.3) is 0 Å². The van der Waals surface area contributed by atoms with Gasteiger partial charge >= 0.3 is 0 Å². The summed E-state index contributed by atoms with van der Waals surface area (Å²) in [6, 6.07) is 12.1. The molecule has 1 amide bonds. The molecule has 2 saturated heterocycles. The van der Waals surface area contributed by atoms with Crippen LogP contribution in [0.3, 0.4) is 0 Å². The second kappa shape index (κ2) is 12.7. The van der Waals surface area contributed by atoms with E-state index in [1.165, 1.54) is 37.3 Å². The van der Waals surface area contributed by atoms with Gasteiger partial charge in [0.25, 0.3) is 0 Å². The Hall–Kier alpha value is -2.66. The Bertz CT molecular complexity index is 1210. The monoisotopic (exact) mass is 557 g/mol. The highest BCUT2D eigenvalue weighted by molar-refractivity contribution is 7.89. The zero-order valence-corrected chi connectivity index (χ0v) is 24.8. The highest BCUT2D eigenvalue weighted by atomic mass is 32.2. The minimum absolute atomic E-state index is 0.0602. The number of ether oxygens (including phenoxy) is 1. The third-order valence-electron chi connectivity index (χ3n) is 8.03. The van der Waals surface area contributed by atoms with Crippen LogP contribution >= 0.6 is 0 Å². The number of nitrogens with zero attached hydrogens (tertiary/aromatic N) is 4. The lowest BCUT2D eigenvalue weighted by molar-refractivity contribution is -0.116. The molecule has 0 aliphatic carbocycles. The lowest BCUT2D eigenvalue weighted by Crippen LogP contribution is -2.53. The van der Waals surface area contributed by atoms with E-state index in [9.17, 15) is 13.2 Å². The summed E-state index contributed by atoms with van der Waals surface area (Å²) in [6.45, 7) is 10.1. The summed E-state index contributed by atoms with van der Waals surface area (Å²) in [4.78, 5) is 20.3. The molecule has 2 aliphatic rings. The van der Waals surface area contributed by atoms with Gasteiger partial charge in [-0.25, -0.2) is 12.7 Å². The number of rotatable bonds is 9. The number of likely N-dealkylation sites (tertiary alicyclic amines) is 1. The van der Waals surface area contributed by atoms with Crippen LogP contribution < -0.4 is 15.0 Å². The van der Waals surface area contributed by atoms with Crippen LogP contribution in [0.2, 0.25) is 0 Å². The van der Waals surface area contributed by atoms with E-state index in [2.05, 4.69) is 27.1 Å². The Labute approximate surface area is 233 Å². The molecule has 2 aromatic carbocycles. The van der Waals surface area contributed by atoms with Gasteiger partial charge in [0.2, 0.25) is 15.9 Å². The second-order valence-corrected chi connectivity index (χ2v) is 12.8. The van der Waals surface area contributed by atoms with Gasteiger partial charge < -0.3 is 19.9 Å². The Balaban J connectivity index is 1.26. The molecule has 0 radical (unpaired) electrons. The Morgan fingerprint density at radius 2 is 1.59 bits per heavy atom.